The SMILES string of the molecule is Nc1cc(N)nc(SC2CCOC3(CCSC3)C2)n1. The van der Waals surface area contributed by atoms with Gasteiger partial charge in [-0.25, -0.2) is 9.97 Å². The molecule has 0 aliphatic carbocycles. The first-order chi connectivity index (χ1) is 9.15. The molecule has 2 aliphatic rings. The van der Waals surface area contributed by atoms with Gasteiger partial charge in [-0.1, -0.05) is 11.8 Å². The zero-order chi connectivity index (χ0) is 13.3. The summed E-state index contributed by atoms with van der Waals surface area (Å²) < 4.78 is 6.02. The fourth-order valence-corrected chi connectivity index (χ4v) is 5.20. The maximum atomic E-state index is 6.02. The number of aromatic nitrogens is 2. The topological polar surface area (TPSA) is 87.1 Å². The number of nitrogen functional groups attached to an aromatic ring is 2. The molecule has 3 rings (SSSR count). The van der Waals surface area contributed by atoms with Crippen LogP contribution in [0.2, 0.25) is 0 Å². The van der Waals surface area contributed by atoms with Crippen LogP contribution in [-0.4, -0.2) is 38.9 Å². The quantitative estimate of drug-likeness (QED) is 0.805. The van der Waals surface area contributed by atoms with E-state index in [-0.39, 0.29) is 5.60 Å². The molecule has 2 unspecified atom stereocenters. The van der Waals surface area contributed by atoms with Gasteiger partial charge < -0.3 is 16.2 Å². The Bertz CT molecular complexity index is 445. The van der Waals surface area contributed by atoms with Crippen molar-refractivity contribution in [2.75, 3.05) is 29.6 Å². The maximum absolute atomic E-state index is 6.02. The molecule has 4 N–H and O–H groups in total. The van der Waals surface area contributed by atoms with Gasteiger partial charge in [-0.2, -0.15) is 11.8 Å². The maximum Gasteiger partial charge on any atom is 0.191 e. The van der Waals surface area contributed by atoms with Gasteiger partial charge in [0.05, 0.1) is 5.60 Å². The third-order valence-corrected chi connectivity index (χ3v) is 5.88. The normalized spacial score (nSPS) is 30.8. The zero-order valence-corrected chi connectivity index (χ0v) is 12.3. The lowest BCUT2D eigenvalue weighted by atomic mass is 9.93. The Kier molecular flexibility index (Phi) is 3.77. The van der Waals surface area contributed by atoms with E-state index >= 15 is 0 Å². The molecule has 0 radical (unpaired) electrons. The second-order valence-corrected chi connectivity index (χ2v) is 7.44. The summed E-state index contributed by atoms with van der Waals surface area (Å²) >= 11 is 3.67. The Morgan fingerprint density at radius 2 is 2.16 bits per heavy atom. The molecule has 1 aromatic rings. The minimum Gasteiger partial charge on any atom is -0.383 e. The highest BCUT2D eigenvalue weighted by molar-refractivity contribution is 8.00. The molecule has 2 aliphatic heterocycles. The average Bonchev–Trinajstić information content (AvgIpc) is 2.76. The number of hydrogen-bond donors (Lipinski definition) is 2. The molecular weight excluding hydrogens is 280 g/mol. The van der Waals surface area contributed by atoms with Crippen molar-refractivity contribution in [2.45, 2.75) is 35.3 Å². The molecule has 7 heteroatoms. The smallest absolute Gasteiger partial charge is 0.191 e. The van der Waals surface area contributed by atoms with Gasteiger partial charge >= 0.3 is 0 Å². The molecule has 0 bridgehead atoms. The highest BCUT2D eigenvalue weighted by Gasteiger charge is 2.40. The molecule has 3 heterocycles. The highest BCUT2D eigenvalue weighted by atomic mass is 32.2. The number of thioether (sulfide) groups is 2. The summed E-state index contributed by atoms with van der Waals surface area (Å²) in [6.45, 7) is 0.829. The Morgan fingerprint density at radius 3 is 2.84 bits per heavy atom. The van der Waals surface area contributed by atoms with E-state index in [4.69, 9.17) is 16.2 Å². The van der Waals surface area contributed by atoms with Crippen LogP contribution in [0.15, 0.2) is 11.2 Å². The summed E-state index contributed by atoms with van der Waals surface area (Å²) in [6.07, 6.45) is 3.27. The molecule has 104 valence electrons. The van der Waals surface area contributed by atoms with E-state index in [1.54, 1.807) is 17.8 Å². The number of nitrogens with zero attached hydrogens (tertiary/aromatic N) is 2. The van der Waals surface area contributed by atoms with E-state index in [0.29, 0.717) is 22.0 Å². The fourth-order valence-electron chi connectivity index (χ4n) is 2.61. The lowest BCUT2D eigenvalue weighted by Crippen LogP contribution is -2.41. The second kappa shape index (κ2) is 5.38. The summed E-state index contributed by atoms with van der Waals surface area (Å²) in [6, 6.07) is 1.59. The summed E-state index contributed by atoms with van der Waals surface area (Å²) in [7, 11) is 0. The van der Waals surface area contributed by atoms with Crippen molar-refractivity contribution in [3.8, 4) is 0 Å². The lowest BCUT2D eigenvalue weighted by molar-refractivity contribution is -0.0562. The first-order valence-corrected chi connectivity index (χ1v) is 8.47. The summed E-state index contributed by atoms with van der Waals surface area (Å²) in [5.41, 5.74) is 11.5. The van der Waals surface area contributed by atoms with Gasteiger partial charge in [-0.3, -0.25) is 0 Å². The van der Waals surface area contributed by atoms with E-state index < -0.39 is 0 Å². The molecule has 2 atom stereocenters. The molecule has 1 aromatic heterocycles. The van der Waals surface area contributed by atoms with Crippen molar-refractivity contribution in [1.29, 1.82) is 0 Å². The summed E-state index contributed by atoms with van der Waals surface area (Å²) in [5, 5.41) is 1.18. The average molecular weight is 298 g/mol. The van der Waals surface area contributed by atoms with Gasteiger partial charge in [0.15, 0.2) is 5.16 Å². The van der Waals surface area contributed by atoms with Gasteiger partial charge in [0.25, 0.3) is 0 Å². The van der Waals surface area contributed by atoms with E-state index in [2.05, 4.69) is 9.97 Å². The minimum absolute atomic E-state index is 0.0897. The van der Waals surface area contributed by atoms with E-state index in [9.17, 15) is 0 Å². The van der Waals surface area contributed by atoms with Crippen LogP contribution >= 0.6 is 23.5 Å². The van der Waals surface area contributed by atoms with Crippen LogP contribution < -0.4 is 11.5 Å². The first-order valence-electron chi connectivity index (χ1n) is 6.44. The van der Waals surface area contributed by atoms with Crippen LogP contribution in [0.3, 0.4) is 0 Å². The molecule has 2 saturated heterocycles. The minimum atomic E-state index is 0.0897. The number of hydrogen-bond acceptors (Lipinski definition) is 7. The Labute approximate surface area is 121 Å². The van der Waals surface area contributed by atoms with Gasteiger partial charge in [0.1, 0.15) is 11.6 Å². The molecule has 0 aromatic carbocycles. The number of ether oxygens (including phenoxy) is 1. The van der Waals surface area contributed by atoms with Crippen molar-refractivity contribution < 1.29 is 4.74 Å². The Morgan fingerprint density at radius 1 is 1.37 bits per heavy atom. The third-order valence-electron chi connectivity index (χ3n) is 3.53. The summed E-state index contributed by atoms with van der Waals surface area (Å²) in [4.78, 5) is 8.49. The van der Waals surface area contributed by atoms with Crippen molar-refractivity contribution in [3.05, 3.63) is 6.07 Å². The van der Waals surface area contributed by atoms with Gasteiger partial charge in [0, 0.05) is 23.7 Å². The molecule has 1 spiro atoms. The molecular formula is C12H18N4OS2. The number of anilines is 2. The van der Waals surface area contributed by atoms with Gasteiger partial charge in [0.2, 0.25) is 0 Å². The van der Waals surface area contributed by atoms with E-state index in [0.717, 1.165) is 31.6 Å². The van der Waals surface area contributed by atoms with Crippen LogP contribution in [0.4, 0.5) is 11.6 Å². The predicted octanol–water partition coefficient (Wildman–Crippen LogP) is 1.79. The molecule has 5 nitrogen and oxygen atoms in total. The predicted molar refractivity (Wildman–Crippen MR) is 80.4 cm³/mol. The standard InChI is InChI=1S/C12H18N4OS2/c13-9-5-10(14)16-11(15-9)19-8-1-3-17-12(6-8)2-4-18-7-12/h5,8H,1-4,6-7H2,(H4,13,14,15,16). The Hall–Kier alpha value is -0.660. The van der Waals surface area contributed by atoms with Gasteiger partial charge in [-0.05, 0) is 25.0 Å². The van der Waals surface area contributed by atoms with E-state index in [1.807, 2.05) is 11.8 Å². The lowest BCUT2D eigenvalue weighted by Gasteiger charge is -2.37. The highest BCUT2D eigenvalue weighted by Crippen LogP contribution is 2.42. The van der Waals surface area contributed by atoms with Crippen LogP contribution in [0.5, 0.6) is 0 Å². The van der Waals surface area contributed by atoms with Crippen LogP contribution in [0.1, 0.15) is 19.3 Å². The zero-order valence-electron chi connectivity index (χ0n) is 10.7. The second-order valence-electron chi connectivity index (χ2n) is 5.07. The van der Waals surface area contributed by atoms with Crippen LogP contribution in [-0.2, 0) is 4.74 Å². The first kappa shape index (κ1) is 13.3. The van der Waals surface area contributed by atoms with Crippen molar-refractivity contribution in [1.82, 2.24) is 9.97 Å². The van der Waals surface area contributed by atoms with Gasteiger partial charge in [-0.15, -0.1) is 0 Å². The van der Waals surface area contributed by atoms with Crippen molar-refractivity contribution in [2.24, 2.45) is 0 Å². The largest absolute Gasteiger partial charge is 0.383 e. The molecule has 2 fully saturated rings. The molecule has 19 heavy (non-hydrogen) atoms. The van der Waals surface area contributed by atoms with Crippen molar-refractivity contribution >= 4 is 35.2 Å². The van der Waals surface area contributed by atoms with Crippen LogP contribution in [0, 0.1) is 0 Å². The fraction of sp³-hybridized carbons (Fsp3) is 0.667. The molecule has 0 amide bonds. The van der Waals surface area contributed by atoms with Crippen molar-refractivity contribution in [3.63, 3.8) is 0 Å². The van der Waals surface area contributed by atoms with Crippen LogP contribution in [0.25, 0.3) is 0 Å². The monoisotopic (exact) mass is 298 g/mol. The summed E-state index contributed by atoms with van der Waals surface area (Å²) in [5.74, 6) is 3.20. The number of nitrogens with two attached hydrogens (primary N) is 2. The third kappa shape index (κ3) is 3.09. The number of rotatable bonds is 2. The molecule has 0 saturated carbocycles. The Balaban J connectivity index is 1.69. The van der Waals surface area contributed by atoms with E-state index in [1.165, 1.54) is 5.75 Å².